The summed E-state index contributed by atoms with van der Waals surface area (Å²) < 4.78 is 2.42. The van der Waals surface area contributed by atoms with E-state index in [1.54, 1.807) is 11.3 Å². The minimum absolute atomic E-state index is 0.0774. The van der Waals surface area contributed by atoms with Crippen molar-refractivity contribution in [3.8, 4) is 0 Å². The smallest absolute Gasteiger partial charge is 0.0710 e. The molecular formula is C10H8ClIOS. The molecule has 0 amide bonds. The molecule has 2 rings (SSSR count). The highest BCUT2D eigenvalue weighted by atomic mass is 127. The molecule has 0 aliphatic rings. The zero-order valence-electron chi connectivity index (χ0n) is 7.26. The zero-order valence-corrected chi connectivity index (χ0v) is 11.0. The fraction of sp³-hybridized carbons (Fsp3) is 0.200. The van der Waals surface area contributed by atoms with Gasteiger partial charge in [-0.3, -0.25) is 0 Å². The Morgan fingerprint density at radius 3 is 2.86 bits per heavy atom. The molecule has 1 N–H and O–H groups in total. The second-order valence-electron chi connectivity index (χ2n) is 2.94. The topological polar surface area (TPSA) is 20.2 Å². The predicted octanol–water partition coefficient (Wildman–Crippen LogP) is 3.74. The van der Waals surface area contributed by atoms with E-state index in [0.29, 0.717) is 5.88 Å². The summed E-state index contributed by atoms with van der Waals surface area (Å²) in [6.45, 7) is 0.0774. The van der Waals surface area contributed by atoms with Crippen LogP contribution in [0.3, 0.4) is 0 Å². The van der Waals surface area contributed by atoms with Gasteiger partial charge in [0.1, 0.15) is 0 Å². The van der Waals surface area contributed by atoms with E-state index >= 15 is 0 Å². The lowest BCUT2D eigenvalue weighted by atomic mass is 10.1. The Kier molecular flexibility index (Phi) is 3.31. The van der Waals surface area contributed by atoms with Crippen LogP contribution in [0.5, 0.6) is 0 Å². The van der Waals surface area contributed by atoms with E-state index in [9.17, 15) is 5.11 Å². The maximum Gasteiger partial charge on any atom is 0.0710 e. The first kappa shape index (κ1) is 10.7. The second kappa shape index (κ2) is 4.35. The normalized spacial score (nSPS) is 11.1. The quantitative estimate of drug-likeness (QED) is 0.653. The third-order valence-electron chi connectivity index (χ3n) is 2.16. The summed E-state index contributed by atoms with van der Waals surface area (Å²) in [4.78, 5) is 0. The lowest BCUT2D eigenvalue weighted by molar-refractivity contribution is 0.283. The van der Waals surface area contributed by atoms with E-state index in [1.807, 2.05) is 12.1 Å². The van der Waals surface area contributed by atoms with E-state index < -0.39 is 0 Å². The van der Waals surface area contributed by atoms with Crippen LogP contribution in [0.15, 0.2) is 18.2 Å². The van der Waals surface area contributed by atoms with Gasteiger partial charge in [-0.05, 0) is 39.8 Å². The molecule has 1 nitrogen and oxygen atoms in total. The summed E-state index contributed by atoms with van der Waals surface area (Å²) in [5, 5.41) is 10.4. The number of benzene rings is 1. The highest BCUT2D eigenvalue weighted by Crippen LogP contribution is 2.35. The molecule has 14 heavy (non-hydrogen) atoms. The van der Waals surface area contributed by atoms with Crippen LogP contribution in [0.1, 0.15) is 11.1 Å². The Hall–Kier alpha value is 0.160. The Morgan fingerprint density at radius 2 is 2.21 bits per heavy atom. The van der Waals surface area contributed by atoms with E-state index in [2.05, 4.69) is 28.7 Å². The highest BCUT2D eigenvalue weighted by Gasteiger charge is 2.11. The van der Waals surface area contributed by atoms with Gasteiger partial charge in [-0.2, -0.15) is 0 Å². The molecule has 0 radical (unpaired) electrons. The molecule has 0 atom stereocenters. The van der Waals surface area contributed by atoms with Gasteiger partial charge in [-0.1, -0.05) is 12.1 Å². The number of thiophene rings is 1. The number of halogens is 2. The van der Waals surface area contributed by atoms with Crippen molar-refractivity contribution in [1.29, 1.82) is 0 Å². The maximum absolute atomic E-state index is 9.22. The molecule has 0 saturated heterocycles. The Balaban J connectivity index is 2.82. The molecule has 2 aromatic rings. The average molecular weight is 339 g/mol. The van der Waals surface area contributed by atoms with Crippen molar-refractivity contribution in [2.75, 3.05) is 0 Å². The fourth-order valence-corrected chi connectivity index (χ4v) is 4.25. The van der Waals surface area contributed by atoms with Crippen LogP contribution >= 0.6 is 45.5 Å². The maximum atomic E-state index is 9.22. The van der Waals surface area contributed by atoms with E-state index in [-0.39, 0.29) is 6.61 Å². The van der Waals surface area contributed by atoms with Gasteiger partial charge in [-0.25, -0.2) is 0 Å². The molecule has 0 saturated carbocycles. The van der Waals surface area contributed by atoms with Gasteiger partial charge >= 0.3 is 0 Å². The Morgan fingerprint density at radius 1 is 1.43 bits per heavy atom. The minimum Gasteiger partial charge on any atom is -0.392 e. The summed E-state index contributed by atoms with van der Waals surface area (Å²) in [7, 11) is 0. The SMILES string of the molecule is OCc1cccc2sc(I)c(CCl)c12. The van der Waals surface area contributed by atoms with Crippen LogP contribution in [0.4, 0.5) is 0 Å². The van der Waals surface area contributed by atoms with E-state index in [1.165, 1.54) is 7.58 Å². The third kappa shape index (κ3) is 1.66. The Labute approximate surface area is 105 Å². The number of aliphatic hydroxyl groups is 1. The molecule has 0 fully saturated rings. The third-order valence-corrected chi connectivity index (χ3v) is 4.72. The molecular weight excluding hydrogens is 331 g/mol. The largest absolute Gasteiger partial charge is 0.392 e. The lowest BCUT2D eigenvalue weighted by Crippen LogP contribution is -1.86. The molecule has 4 heteroatoms. The van der Waals surface area contributed by atoms with Crippen LogP contribution < -0.4 is 0 Å². The number of aliphatic hydroxyl groups excluding tert-OH is 1. The molecule has 0 spiro atoms. The van der Waals surface area contributed by atoms with Crippen LogP contribution in [0.25, 0.3) is 10.1 Å². The van der Waals surface area contributed by atoms with Gasteiger partial charge in [-0.15, -0.1) is 22.9 Å². The van der Waals surface area contributed by atoms with Gasteiger partial charge in [0.05, 0.1) is 9.49 Å². The summed E-state index contributed by atoms with van der Waals surface area (Å²) in [6, 6.07) is 5.98. The van der Waals surface area contributed by atoms with E-state index in [0.717, 1.165) is 16.5 Å². The van der Waals surface area contributed by atoms with Gasteiger partial charge in [0, 0.05) is 16.0 Å². The van der Waals surface area contributed by atoms with Crippen molar-refractivity contribution in [2.45, 2.75) is 12.5 Å². The van der Waals surface area contributed by atoms with Gasteiger partial charge < -0.3 is 5.11 Å². The van der Waals surface area contributed by atoms with Crippen molar-refractivity contribution in [2.24, 2.45) is 0 Å². The number of hydrogen-bond donors (Lipinski definition) is 1. The van der Waals surface area contributed by atoms with Gasteiger partial charge in [0.15, 0.2) is 0 Å². The van der Waals surface area contributed by atoms with Crippen LogP contribution in [0, 0.1) is 2.88 Å². The second-order valence-corrected chi connectivity index (χ2v) is 6.07. The number of hydrogen-bond acceptors (Lipinski definition) is 2. The first-order valence-electron chi connectivity index (χ1n) is 4.13. The standard InChI is InChI=1S/C10H8ClIOS/c11-4-7-9-6(5-13)2-1-3-8(9)14-10(7)12/h1-3,13H,4-5H2. The Bertz CT molecular complexity index is 466. The summed E-state index contributed by atoms with van der Waals surface area (Å²) in [5.74, 6) is 0.509. The van der Waals surface area contributed by atoms with Crippen LogP contribution in [0.2, 0.25) is 0 Å². The molecule has 1 aromatic carbocycles. The van der Waals surface area contributed by atoms with Gasteiger partial charge in [0.25, 0.3) is 0 Å². The zero-order chi connectivity index (χ0) is 10.1. The van der Waals surface area contributed by atoms with E-state index in [4.69, 9.17) is 11.6 Å². The number of alkyl halides is 1. The van der Waals surface area contributed by atoms with Crippen LogP contribution in [-0.2, 0) is 12.5 Å². The monoisotopic (exact) mass is 338 g/mol. The highest BCUT2D eigenvalue weighted by molar-refractivity contribution is 14.1. The first-order valence-corrected chi connectivity index (χ1v) is 6.56. The van der Waals surface area contributed by atoms with Crippen molar-refractivity contribution in [3.05, 3.63) is 32.2 Å². The molecule has 0 aliphatic carbocycles. The number of fused-ring (bicyclic) bond motifs is 1. The van der Waals surface area contributed by atoms with Crippen molar-refractivity contribution < 1.29 is 5.11 Å². The molecule has 1 aromatic heterocycles. The fourth-order valence-electron chi connectivity index (χ4n) is 1.51. The number of rotatable bonds is 2. The predicted molar refractivity (Wildman–Crippen MR) is 70.0 cm³/mol. The summed E-state index contributed by atoms with van der Waals surface area (Å²) >= 11 is 9.92. The molecule has 1 heterocycles. The van der Waals surface area contributed by atoms with Crippen LogP contribution in [-0.4, -0.2) is 5.11 Å². The molecule has 0 unspecified atom stereocenters. The molecule has 0 aliphatic heterocycles. The molecule has 74 valence electrons. The average Bonchev–Trinajstić information content (AvgIpc) is 2.52. The molecule has 0 bridgehead atoms. The van der Waals surface area contributed by atoms with Crippen molar-refractivity contribution in [3.63, 3.8) is 0 Å². The van der Waals surface area contributed by atoms with Crippen molar-refractivity contribution in [1.82, 2.24) is 0 Å². The minimum atomic E-state index is 0.0774. The summed E-state index contributed by atoms with van der Waals surface area (Å²) in [5.41, 5.74) is 2.12. The van der Waals surface area contributed by atoms with Gasteiger partial charge in [0.2, 0.25) is 0 Å². The first-order chi connectivity index (χ1) is 6.77. The lowest BCUT2D eigenvalue weighted by Gasteiger charge is -2.00. The van der Waals surface area contributed by atoms with Crippen molar-refractivity contribution >= 4 is 55.6 Å². The summed E-state index contributed by atoms with van der Waals surface area (Å²) in [6.07, 6.45) is 0.